The van der Waals surface area contributed by atoms with Crippen molar-refractivity contribution in [2.75, 3.05) is 26.4 Å². The first-order valence-electron chi connectivity index (χ1n) is 23.8. The zero-order chi connectivity index (χ0) is 41.8. The van der Waals surface area contributed by atoms with Gasteiger partial charge in [0, 0.05) is 19.4 Å². The molecule has 0 aliphatic rings. The molecule has 57 heavy (non-hydrogen) atoms. The van der Waals surface area contributed by atoms with Crippen LogP contribution in [0.3, 0.4) is 0 Å². The highest BCUT2D eigenvalue weighted by Gasteiger charge is 2.23. The molecule has 0 aromatic carbocycles. The van der Waals surface area contributed by atoms with Gasteiger partial charge in [0.25, 0.3) is 0 Å². The molecular formula is C47H90NO8P. The number of aliphatic hydroxyl groups excluding tert-OH is 1. The van der Waals surface area contributed by atoms with Gasteiger partial charge in [0.2, 0.25) is 5.91 Å². The van der Waals surface area contributed by atoms with Gasteiger partial charge in [-0.3, -0.25) is 18.6 Å². The number of ether oxygens (including phenoxy) is 1. The predicted molar refractivity (Wildman–Crippen MR) is 238 cm³/mol. The highest BCUT2D eigenvalue weighted by molar-refractivity contribution is 7.47. The van der Waals surface area contributed by atoms with E-state index < -0.39 is 26.5 Å². The van der Waals surface area contributed by atoms with Crippen molar-refractivity contribution in [3.8, 4) is 0 Å². The van der Waals surface area contributed by atoms with Crippen molar-refractivity contribution in [1.29, 1.82) is 0 Å². The molecule has 0 heterocycles. The zero-order valence-electron chi connectivity index (χ0n) is 37.0. The van der Waals surface area contributed by atoms with E-state index in [0.717, 1.165) is 44.9 Å². The van der Waals surface area contributed by atoms with Crippen LogP contribution in [0.4, 0.5) is 0 Å². The number of unbranched alkanes of at least 4 members (excludes halogenated alkanes) is 28. The molecule has 0 radical (unpaired) electrons. The van der Waals surface area contributed by atoms with Gasteiger partial charge in [-0.2, -0.15) is 0 Å². The number of allylic oxidation sites excluding steroid dienone is 4. The third-order valence-electron chi connectivity index (χ3n) is 10.4. The molecule has 3 N–H and O–H groups in total. The van der Waals surface area contributed by atoms with E-state index in [0.29, 0.717) is 6.42 Å². The highest BCUT2D eigenvalue weighted by Crippen LogP contribution is 2.42. The summed E-state index contributed by atoms with van der Waals surface area (Å²) in [7, 11) is -4.41. The van der Waals surface area contributed by atoms with E-state index >= 15 is 0 Å². The summed E-state index contributed by atoms with van der Waals surface area (Å²) < 4.78 is 26.9. The van der Waals surface area contributed by atoms with Crippen LogP contribution in [0, 0.1) is 0 Å². The lowest BCUT2D eigenvalue weighted by Crippen LogP contribution is -2.27. The lowest BCUT2D eigenvalue weighted by Gasteiger charge is -2.15. The Morgan fingerprint density at radius 1 is 0.544 bits per heavy atom. The van der Waals surface area contributed by atoms with Crippen molar-refractivity contribution >= 4 is 19.7 Å². The number of phosphoric ester groups is 1. The second-order valence-electron chi connectivity index (χ2n) is 16.1. The Morgan fingerprint density at radius 3 is 1.44 bits per heavy atom. The largest absolute Gasteiger partial charge is 0.472 e. The lowest BCUT2D eigenvalue weighted by molar-refractivity contribution is -0.147. The van der Waals surface area contributed by atoms with Crippen molar-refractivity contribution in [2.24, 2.45) is 0 Å². The summed E-state index contributed by atoms with van der Waals surface area (Å²) >= 11 is 0. The predicted octanol–water partition coefficient (Wildman–Crippen LogP) is 13.6. The van der Waals surface area contributed by atoms with Crippen LogP contribution < -0.4 is 5.32 Å². The van der Waals surface area contributed by atoms with Crippen LogP contribution >= 0.6 is 7.82 Å². The van der Waals surface area contributed by atoms with Gasteiger partial charge in [-0.1, -0.05) is 199 Å². The number of esters is 1. The number of hydrogen-bond acceptors (Lipinski definition) is 7. The standard InChI is InChI=1S/C47H90NO8P/c1-3-5-7-9-11-13-15-17-19-20-21-22-23-24-26-28-30-32-34-36-38-40-47(51)54-43-45(49)44-56-57(52,53)55-42-41-48-46(50)39-37-35-33-31-29-27-25-18-16-14-12-10-8-6-4-2/h11,13,17,19,45,49H,3-10,12,14-16,18,20-44H2,1-2H3,(H,48,50)(H,52,53)/b13-11-,19-17-. The maximum absolute atomic E-state index is 12.1. The Morgan fingerprint density at radius 2 is 0.947 bits per heavy atom. The van der Waals surface area contributed by atoms with Crippen molar-refractivity contribution in [3.63, 3.8) is 0 Å². The van der Waals surface area contributed by atoms with Gasteiger partial charge in [-0.05, 0) is 44.9 Å². The first-order valence-corrected chi connectivity index (χ1v) is 25.3. The molecule has 0 spiro atoms. The Bertz CT molecular complexity index is 990. The summed E-state index contributed by atoms with van der Waals surface area (Å²) in [4.78, 5) is 34.0. The number of phosphoric acid groups is 1. The molecule has 0 fully saturated rings. The minimum atomic E-state index is -4.41. The van der Waals surface area contributed by atoms with Crippen LogP contribution in [0.2, 0.25) is 0 Å². The summed E-state index contributed by atoms with van der Waals surface area (Å²) in [5.41, 5.74) is 0. The third kappa shape index (κ3) is 45.4. The molecule has 0 aliphatic heterocycles. The first kappa shape index (κ1) is 55.5. The molecule has 9 nitrogen and oxygen atoms in total. The van der Waals surface area contributed by atoms with Crippen LogP contribution in [-0.4, -0.2) is 54.3 Å². The van der Waals surface area contributed by atoms with E-state index in [1.54, 1.807) is 0 Å². The van der Waals surface area contributed by atoms with Crippen LogP contribution in [0.25, 0.3) is 0 Å². The molecule has 2 unspecified atom stereocenters. The van der Waals surface area contributed by atoms with Crippen LogP contribution in [-0.2, 0) is 27.9 Å². The van der Waals surface area contributed by atoms with Gasteiger partial charge in [-0.15, -0.1) is 0 Å². The van der Waals surface area contributed by atoms with E-state index in [9.17, 15) is 24.2 Å². The Labute approximate surface area is 350 Å². The molecule has 0 bridgehead atoms. The number of nitrogens with one attached hydrogen (secondary N) is 1. The Kier molecular flexibility index (Phi) is 42.9. The van der Waals surface area contributed by atoms with E-state index in [-0.39, 0.29) is 32.1 Å². The minimum absolute atomic E-state index is 0.0855. The number of carbonyl (C=O) groups is 2. The second kappa shape index (κ2) is 44.1. The fraction of sp³-hybridized carbons (Fsp3) is 0.872. The molecular weight excluding hydrogens is 737 g/mol. The molecule has 1 amide bonds. The quantitative estimate of drug-likeness (QED) is 0.0239. The number of carbonyl (C=O) groups excluding carboxylic acids is 2. The molecule has 0 aliphatic carbocycles. The number of amides is 1. The SMILES string of the molecule is CCCCC/C=C\C/C=C\CCCCCCCCCCCCCC(=O)OCC(O)COP(=O)(O)OCCNC(=O)CCCCCCCCCCCCCCCCC. The molecule has 0 aromatic heterocycles. The number of aliphatic hydroxyl groups is 1. The van der Waals surface area contributed by atoms with Gasteiger partial charge in [-0.25, -0.2) is 4.57 Å². The monoisotopic (exact) mass is 828 g/mol. The zero-order valence-corrected chi connectivity index (χ0v) is 37.9. The Hall–Kier alpha value is -1.51. The maximum atomic E-state index is 12.1. The van der Waals surface area contributed by atoms with Gasteiger partial charge in [0.05, 0.1) is 13.2 Å². The van der Waals surface area contributed by atoms with Crippen molar-refractivity contribution in [3.05, 3.63) is 24.3 Å². The van der Waals surface area contributed by atoms with E-state index in [4.69, 9.17) is 13.8 Å². The van der Waals surface area contributed by atoms with Crippen molar-refractivity contribution in [2.45, 2.75) is 238 Å². The maximum Gasteiger partial charge on any atom is 0.472 e. The summed E-state index contributed by atoms with van der Waals surface area (Å²) in [5.74, 6) is -0.510. The molecule has 2 atom stereocenters. The fourth-order valence-electron chi connectivity index (χ4n) is 6.77. The van der Waals surface area contributed by atoms with Crippen LogP contribution in [0.5, 0.6) is 0 Å². The third-order valence-corrected chi connectivity index (χ3v) is 11.4. The van der Waals surface area contributed by atoms with E-state index in [2.05, 4.69) is 43.5 Å². The fourth-order valence-corrected chi connectivity index (χ4v) is 7.52. The van der Waals surface area contributed by atoms with Gasteiger partial charge in [0.15, 0.2) is 0 Å². The molecule has 0 aromatic rings. The molecule has 10 heteroatoms. The van der Waals surface area contributed by atoms with Gasteiger partial charge in [0.1, 0.15) is 12.7 Å². The smallest absolute Gasteiger partial charge is 0.463 e. The average Bonchev–Trinajstić information content (AvgIpc) is 3.20. The lowest BCUT2D eigenvalue weighted by atomic mass is 10.0. The number of rotatable bonds is 45. The van der Waals surface area contributed by atoms with Crippen LogP contribution in [0.1, 0.15) is 232 Å². The summed E-state index contributed by atoms with van der Waals surface area (Å²) in [6, 6.07) is 0. The molecule has 0 rings (SSSR count). The second-order valence-corrected chi connectivity index (χ2v) is 17.5. The van der Waals surface area contributed by atoms with Crippen molar-refractivity contribution < 1.29 is 37.9 Å². The van der Waals surface area contributed by atoms with E-state index in [1.165, 1.54) is 161 Å². The number of hydrogen-bond donors (Lipinski definition) is 3. The van der Waals surface area contributed by atoms with Crippen molar-refractivity contribution in [1.82, 2.24) is 5.32 Å². The van der Waals surface area contributed by atoms with E-state index in [1.807, 2.05) is 0 Å². The van der Waals surface area contributed by atoms with Gasteiger partial charge >= 0.3 is 13.8 Å². The highest BCUT2D eigenvalue weighted by atomic mass is 31.2. The normalized spacial score (nSPS) is 13.4. The van der Waals surface area contributed by atoms with Crippen LogP contribution in [0.15, 0.2) is 24.3 Å². The molecule has 0 saturated carbocycles. The summed E-state index contributed by atoms with van der Waals surface area (Å²) in [5, 5.41) is 12.7. The molecule has 0 saturated heterocycles. The van der Waals surface area contributed by atoms with Gasteiger partial charge < -0.3 is 20.1 Å². The minimum Gasteiger partial charge on any atom is -0.463 e. The summed E-state index contributed by atoms with van der Waals surface area (Å²) in [6.07, 6.45) is 48.2. The topological polar surface area (TPSA) is 131 Å². The molecule has 336 valence electrons. The summed E-state index contributed by atoms with van der Waals surface area (Å²) in [6.45, 7) is 3.56. The first-order chi connectivity index (χ1) is 27.8. The average molecular weight is 828 g/mol. The Balaban J connectivity index is 3.55.